The van der Waals surface area contributed by atoms with Gasteiger partial charge in [0.1, 0.15) is 0 Å². The van der Waals surface area contributed by atoms with Crippen LogP contribution in [-0.4, -0.2) is 57.7 Å². The third-order valence-corrected chi connectivity index (χ3v) is 7.49. The maximum absolute atomic E-state index is 13.3. The molecule has 3 rings (SSSR count). The Bertz CT molecular complexity index is 1150. The average Bonchev–Trinajstić information content (AvgIpc) is 2.97. The zero-order valence-electron chi connectivity index (χ0n) is 24.4. The molecule has 0 saturated heterocycles. The number of aromatic nitrogens is 1. The van der Waals surface area contributed by atoms with Crippen molar-refractivity contribution in [2.24, 2.45) is 0 Å². The van der Waals surface area contributed by atoms with Crippen molar-refractivity contribution in [2.75, 3.05) is 51.0 Å². The number of benzene rings is 2. The summed E-state index contributed by atoms with van der Waals surface area (Å²) in [6, 6.07) is 19.0. The second-order valence-corrected chi connectivity index (χ2v) is 10.4. The van der Waals surface area contributed by atoms with Gasteiger partial charge in [0, 0.05) is 56.0 Å². The van der Waals surface area contributed by atoms with Gasteiger partial charge in [-0.1, -0.05) is 25.1 Å². The van der Waals surface area contributed by atoms with Crippen molar-refractivity contribution in [1.82, 2.24) is 20.9 Å². The number of pyridine rings is 1. The first-order chi connectivity index (χ1) is 18.8. The van der Waals surface area contributed by atoms with Crippen molar-refractivity contribution in [3.05, 3.63) is 89.2 Å². The Labute approximate surface area is 234 Å². The summed E-state index contributed by atoms with van der Waals surface area (Å²) in [7, 11) is 6.00. The molecule has 0 fully saturated rings. The van der Waals surface area contributed by atoms with Gasteiger partial charge >= 0.3 is 0 Å². The third kappa shape index (κ3) is 9.08. The quantitative estimate of drug-likeness (QED) is 0.208. The lowest BCUT2D eigenvalue weighted by atomic mass is 9.94. The summed E-state index contributed by atoms with van der Waals surface area (Å²) >= 11 is 0. The lowest BCUT2D eigenvalue weighted by Gasteiger charge is -2.23. The molecule has 0 aliphatic heterocycles. The number of amides is 1. The maximum Gasteiger partial charge on any atom is 0.251 e. The number of rotatable bonds is 15. The molecule has 7 nitrogen and oxygen atoms in total. The molecule has 3 atom stereocenters. The molecule has 0 saturated carbocycles. The second-order valence-electron chi connectivity index (χ2n) is 10.4. The van der Waals surface area contributed by atoms with Crippen LogP contribution < -0.4 is 26.2 Å². The minimum Gasteiger partial charge on any atom is -0.388 e. The fraction of sp³-hybridized carbons (Fsp3) is 0.438. The molecule has 2 aromatic carbocycles. The largest absolute Gasteiger partial charge is 0.388 e. The number of hydrogen-bond donors (Lipinski definition) is 4. The Hall–Kier alpha value is -3.42. The van der Waals surface area contributed by atoms with Crippen LogP contribution in [0.5, 0.6) is 0 Å². The summed E-state index contributed by atoms with van der Waals surface area (Å²) < 4.78 is 0. The van der Waals surface area contributed by atoms with Crippen LogP contribution >= 0.6 is 0 Å². The maximum atomic E-state index is 13.3. The van der Waals surface area contributed by atoms with Crippen LogP contribution in [0.1, 0.15) is 66.2 Å². The molecule has 0 aliphatic rings. The van der Waals surface area contributed by atoms with E-state index >= 15 is 0 Å². The molecule has 1 amide bonds. The molecule has 1 heterocycles. The predicted octanol–water partition coefficient (Wildman–Crippen LogP) is 4.98. The Balaban J connectivity index is 1.69. The van der Waals surface area contributed by atoms with Crippen LogP contribution in [0.25, 0.3) is 0 Å². The van der Waals surface area contributed by atoms with Crippen molar-refractivity contribution in [3.8, 4) is 0 Å². The molecule has 1 aromatic heterocycles. The van der Waals surface area contributed by atoms with Crippen molar-refractivity contribution < 1.29 is 4.79 Å². The summed E-state index contributed by atoms with van der Waals surface area (Å²) in [4.78, 5) is 19.7. The molecule has 0 radical (unpaired) electrons. The Morgan fingerprint density at radius 1 is 0.974 bits per heavy atom. The van der Waals surface area contributed by atoms with E-state index in [4.69, 9.17) is 0 Å². The molecule has 210 valence electrons. The lowest BCUT2D eigenvalue weighted by molar-refractivity contribution is 0.0939. The fourth-order valence-electron chi connectivity index (χ4n) is 4.65. The first-order valence-electron chi connectivity index (χ1n) is 14.0. The van der Waals surface area contributed by atoms with E-state index in [2.05, 4.69) is 82.4 Å². The highest BCUT2D eigenvalue weighted by molar-refractivity contribution is 5.95. The van der Waals surface area contributed by atoms with Gasteiger partial charge in [0.05, 0.1) is 6.04 Å². The number of hydrogen-bond acceptors (Lipinski definition) is 6. The highest BCUT2D eigenvalue weighted by atomic mass is 16.1. The van der Waals surface area contributed by atoms with Crippen molar-refractivity contribution in [3.63, 3.8) is 0 Å². The smallest absolute Gasteiger partial charge is 0.251 e. The number of carbonyl (C=O) groups excluding carboxylic acids is 1. The van der Waals surface area contributed by atoms with Crippen molar-refractivity contribution in [1.29, 1.82) is 0 Å². The van der Waals surface area contributed by atoms with Gasteiger partial charge < -0.3 is 26.2 Å². The van der Waals surface area contributed by atoms with E-state index in [1.807, 2.05) is 45.3 Å². The van der Waals surface area contributed by atoms with Crippen LogP contribution in [0.4, 0.5) is 11.4 Å². The molecule has 0 bridgehead atoms. The van der Waals surface area contributed by atoms with Gasteiger partial charge in [-0.2, -0.15) is 0 Å². The minimum atomic E-state index is -0.127. The van der Waals surface area contributed by atoms with E-state index in [-0.39, 0.29) is 11.9 Å². The van der Waals surface area contributed by atoms with Crippen LogP contribution in [0.2, 0.25) is 0 Å². The highest BCUT2D eigenvalue weighted by Crippen LogP contribution is 2.23. The van der Waals surface area contributed by atoms with Crippen molar-refractivity contribution in [2.45, 2.75) is 51.6 Å². The molecule has 3 unspecified atom stereocenters. The third-order valence-electron chi connectivity index (χ3n) is 7.49. The molecule has 7 heteroatoms. The van der Waals surface area contributed by atoms with Gasteiger partial charge in [-0.15, -0.1) is 0 Å². The fourth-order valence-corrected chi connectivity index (χ4v) is 4.65. The summed E-state index contributed by atoms with van der Waals surface area (Å²) in [6.45, 7) is 9.19. The van der Waals surface area contributed by atoms with Crippen LogP contribution in [0.3, 0.4) is 0 Å². The first-order valence-corrected chi connectivity index (χ1v) is 14.0. The van der Waals surface area contributed by atoms with Gasteiger partial charge in [-0.3, -0.25) is 9.78 Å². The molecular weight excluding hydrogens is 484 g/mol. The number of anilines is 2. The number of carbonyl (C=O) groups is 1. The molecule has 39 heavy (non-hydrogen) atoms. The Morgan fingerprint density at radius 3 is 2.41 bits per heavy atom. The summed E-state index contributed by atoms with van der Waals surface area (Å²) in [5.74, 6) is 0.314. The molecule has 0 aliphatic carbocycles. The second kappa shape index (κ2) is 15.2. The van der Waals surface area contributed by atoms with Crippen molar-refractivity contribution >= 4 is 17.3 Å². The topological polar surface area (TPSA) is 81.3 Å². The number of nitrogens with zero attached hydrogens (tertiary/aromatic N) is 2. The standard InChI is InChI=1S/C32H46N6O/c1-23(27-10-12-30(34-5)13-11-27)24(2)36-17-14-26-19-29(21-31(20-26)38(6)18-8-15-33-4)32(39)37-25(3)28-9-7-16-35-22-28/h7,9-13,16,19-25,33-34,36H,8,14-15,17-18H2,1-6H3,(H,37,39). The number of nitrogens with one attached hydrogen (secondary N) is 4. The first kappa shape index (κ1) is 30.1. The SMILES string of the molecule is CNCCCN(C)c1cc(CCNC(C)C(C)c2ccc(NC)cc2)cc(C(=O)NC(C)c2cccnc2)c1. The van der Waals surface area contributed by atoms with Crippen LogP contribution in [0.15, 0.2) is 67.0 Å². The molecule has 0 spiro atoms. The van der Waals surface area contributed by atoms with E-state index in [1.165, 1.54) is 5.56 Å². The highest BCUT2D eigenvalue weighted by Gasteiger charge is 2.16. The Morgan fingerprint density at radius 2 is 1.74 bits per heavy atom. The summed E-state index contributed by atoms with van der Waals surface area (Å²) in [5.41, 5.74) is 6.33. The van der Waals surface area contributed by atoms with Gasteiger partial charge in [0.25, 0.3) is 5.91 Å². The van der Waals surface area contributed by atoms with Gasteiger partial charge in [0.2, 0.25) is 0 Å². The zero-order chi connectivity index (χ0) is 28.2. The Kier molecular flexibility index (Phi) is 11.8. The molecule has 4 N–H and O–H groups in total. The summed E-state index contributed by atoms with van der Waals surface area (Å²) in [6.07, 6.45) is 5.41. The molecule has 3 aromatic rings. The zero-order valence-corrected chi connectivity index (χ0v) is 24.4. The van der Waals surface area contributed by atoms with E-state index in [1.54, 1.807) is 12.4 Å². The van der Waals surface area contributed by atoms with Gasteiger partial charge in [-0.05, 0) is 106 Å². The van der Waals surface area contributed by atoms with E-state index in [0.29, 0.717) is 17.5 Å². The van der Waals surface area contributed by atoms with E-state index < -0.39 is 0 Å². The van der Waals surface area contributed by atoms with Crippen LogP contribution in [0, 0.1) is 0 Å². The lowest BCUT2D eigenvalue weighted by Crippen LogP contribution is -2.32. The average molecular weight is 531 g/mol. The normalized spacial score (nSPS) is 13.4. The van der Waals surface area contributed by atoms with Crippen LogP contribution in [-0.2, 0) is 6.42 Å². The van der Waals surface area contributed by atoms with E-state index in [9.17, 15) is 4.79 Å². The van der Waals surface area contributed by atoms with Gasteiger partial charge in [0.15, 0.2) is 0 Å². The predicted molar refractivity (Wildman–Crippen MR) is 164 cm³/mol. The monoisotopic (exact) mass is 530 g/mol. The van der Waals surface area contributed by atoms with E-state index in [0.717, 1.165) is 55.0 Å². The minimum absolute atomic E-state index is 0.0713. The van der Waals surface area contributed by atoms with Gasteiger partial charge in [-0.25, -0.2) is 0 Å². The summed E-state index contributed by atoms with van der Waals surface area (Å²) in [5, 5.41) is 13.2. The molecular formula is C32H46N6O.